The fourth-order valence-corrected chi connectivity index (χ4v) is 3.14. The third-order valence-electron chi connectivity index (χ3n) is 4.74. The van der Waals surface area contributed by atoms with Crippen LogP contribution in [0.15, 0.2) is 65.8 Å². The molecule has 1 aromatic heterocycles. The number of hydrogen-bond donors (Lipinski definition) is 2. The second-order valence-corrected chi connectivity index (χ2v) is 6.95. The van der Waals surface area contributed by atoms with Crippen molar-refractivity contribution in [1.29, 1.82) is 0 Å². The van der Waals surface area contributed by atoms with Crippen LogP contribution in [0.3, 0.4) is 0 Å². The number of ether oxygens (including phenoxy) is 4. The zero-order chi connectivity index (χ0) is 22.2. The maximum Gasteiger partial charge on any atom is 0.231 e. The Kier molecular flexibility index (Phi) is 8.99. The first-order valence-electron chi connectivity index (χ1n) is 10.4. The number of nitrogens with one attached hydrogen (secondary N) is 2. The number of aliphatic imine (C=N–C) groups is 1. The number of guanidine groups is 1. The fraction of sp³-hybridized carbons (Fsp3) is 0.250. The number of nitrogens with zero attached hydrogens (tertiary/aromatic N) is 2. The van der Waals surface area contributed by atoms with Gasteiger partial charge in [0.1, 0.15) is 0 Å². The van der Waals surface area contributed by atoms with E-state index in [2.05, 4.69) is 20.6 Å². The van der Waals surface area contributed by atoms with Gasteiger partial charge in [0.15, 0.2) is 29.0 Å². The molecular weight excluding hydrogens is 535 g/mol. The molecule has 174 valence electrons. The van der Waals surface area contributed by atoms with Crippen LogP contribution in [0, 0.1) is 0 Å². The van der Waals surface area contributed by atoms with Crippen molar-refractivity contribution >= 4 is 29.9 Å². The van der Waals surface area contributed by atoms with Crippen LogP contribution < -0.4 is 29.6 Å². The number of halogens is 1. The van der Waals surface area contributed by atoms with Gasteiger partial charge in [0.05, 0.1) is 6.61 Å². The van der Waals surface area contributed by atoms with Gasteiger partial charge in [0.2, 0.25) is 12.7 Å². The van der Waals surface area contributed by atoms with E-state index in [-0.39, 0.29) is 30.8 Å². The van der Waals surface area contributed by atoms with Crippen molar-refractivity contribution in [2.75, 3.05) is 20.4 Å². The molecule has 1 aliphatic heterocycles. The lowest BCUT2D eigenvalue weighted by atomic mass is 10.2. The van der Waals surface area contributed by atoms with Gasteiger partial charge in [0.25, 0.3) is 0 Å². The Morgan fingerprint density at radius 3 is 2.42 bits per heavy atom. The van der Waals surface area contributed by atoms with Gasteiger partial charge in [-0.3, -0.25) is 4.99 Å². The quantitative estimate of drug-likeness (QED) is 0.238. The average molecular weight is 562 g/mol. The van der Waals surface area contributed by atoms with Crippen LogP contribution in [0.1, 0.15) is 18.1 Å². The number of benzene rings is 2. The first kappa shape index (κ1) is 24.4. The van der Waals surface area contributed by atoms with Gasteiger partial charge in [0, 0.05) is 32.4 Å². The van der Waals surface area contributed by atoms with E-state index in [1.165, 1.54) is 0 Å². The summed E-state index contributed by atoms with van der Waals surface area (Å²) < 4.78 is 22.2. The molecule has 3 aromatic rings. The Labute approximate surface area is 210 Å². The van der Waals surface area contributed by atoms with Gasteiger partial charge in [-0.15, -0.1) is 24.0 Å². The number of para-hydroxylation sites is 2. The predicted molar refractivity (Wildman–Crippen MR) is 137 cm³/mol. The smallest absolute Gasteiger partial charge is 0.231 e. The van der Waals surface area contributed by atoms with Gasteiger partial charge in [-0.25, -0.2) is 4.98 Å². The van der Waals surface area contributed by atoms with E-state index >= 15 is 0 Å². The maximum atomic E-state index is 5.87. The van der Waals surface area contributed by atoms with Crippen molar-refractivity contribution in [3.8, 4) is 28.9 Å². The molecule has 0 atom stereocenters. The summed E-state index contributed by atoms with van der Waals surface area (Å²) in [6.45, 7) is 3.97. The molecule has 0 bridgehead atoms. The topological polar surface area (TPSA) is 86.2 Å². The Balaban J connectivity index is 0.00000306. The highest BCUT2D eigenvalue weighted by Crippen LogP contribution is 2.32. The molecule has 0 spiro atoms. The van der Waals surface area contributed by atoms with Crippen molar-refractivity contribution < 1.29 is 18.9 Å². The van der Waals surface area contributed by atoms with Crippen molar-refractivity contribution in [2.45, 2.75) is 20.0 Å². The highest BCUT2D eigenvalue weighted by molar-refractivity contribution is 14.0. The van der Waals surface area contributed by atoms with E-state index in [1.54, 1.807) is 13.2 Å². The molecule has 0 saturated heterocycles. The van der Waals surface area contributed by atoms with E-state index < -0.39 is 0 Å². The van der Waals surface area contributed by atoms with Crippen LogP contribution in [0.5, 0.6) is 28.9 Å². The minimum absolute atomic E-state index is 0. The van der Waals surface area contributed by atoms with Crippen molar-refractivity contribution in [2.24, 2.45) is 4.99 Å². The molecule has 0 amide bonds. The highest BCUT2D eigenvalue weighted by atomic mass is 127. The van der Waals surface area contributed by atoms with E-state index in [9.17, 15) is 0 Å². The van der Waals surface area contributed by atoms with Gasteiger partial charge in [-0.1, -0.05) is 24.3 Å². The van der Waals surface area contributed by atoms with Crippen molar-refractivity contribution in [1.82, 2.24) is 15.6 Å². The molecule has 0 fully saturated rings. The van der Waals surface area contributed by atoms with E-state index in [0.717, 1.165) is 22.6 Å². The molecule has 0 aliphatic carbocycles. The summed E-state index contributed by atoms with van der Waals surface area (Å²) in [5, 5.41) is 6.58. The van der Waals surface area contributed by atoms with Gasteiger partial charge in [-0.05, 0) is 42.3 Å². The number of pyridine rings is 1. The highest BCUT2D eigenvalue weighted by Gasteiger charge is 2.13. The first-order chi connectivity index (χ1) is 15.7. The SMILES string of the molecule is CCOc1ccccc1Oc1ccc(CNC(=NC)NCc2ccc3c(c2)OCO3)cn1.I. The Morgan fingerprint density at radius 1 is 0.970 bits per heavy atom. The summed E-state index contributed by atoms with van der Waals surface area (Å²) in [6.07, 6.45) is 1.77. The van der Waals surface area contributed by atoms with Crippen LogP contribution in [0.4, 0.5) is 0 Å². The first-order valence-corrected chi connectivity index (χ1v) is 10.4. The summed E-state index contributed by atoms with van der Waals surface area (Å²) in [5.41, 5.74) is 2.08. The standard InChI is InChI=1S/C24H26N4O4.HI/c1-3-29-19-6-4-5-7-21(19)32-23-11-9-18(14-26-23)15-28-24(25-2)27-13-17-8-10-20-22(12-17)31-16-30-20;/h4-12,14H,3,13,15-16H2,1-2H3,(H2,25,27,28);1H. The normalized spacial score (nSPS) is 12.0. The Hall–Kier alpha value is -3.21. The third kappa shape index (κ3) is 6.64. The fourth-order valence-electron chi connectivity index (χ4n) is 3.14. The molecule has 2 aromatic carbocycles. The average Bonchev–Trinajstić information content (AvgIpc) is 3.30. The number of hydrogen-bond acceptors (Lipinski definition) is 6. The maximum absolute atomic E-state index is 5.87. The lowest BCUT2D eigenvalue weighted by molar-refractivity contribution is 0.174. The van der Waals surface area contributed by atoms with Crippen molar-refractivity contribution in [3.63, 3.8) is 0 Å². The van der Waals surface area contributed by atoms with Crippen LogP contribution in [-0.4, -0.2) is 31.4 Å². The second kappa shape index (κ2) is 12.1. The van der Waals surface area contributed by atoms with Crippen LogP contribution in [0.2, 0.25) is 0 Å². The molecule has 2 N–H and O–H groups in total. The number of rotatable bonds is 8. The van der Waals surface area contributed by atoms with Crippen LogP contribution in [0.25, 0.3) is 0 Å². The molecule has 33 heavy (non-hydrogen) atoms. The van der Waals surface area contributed by atoms with Gasteiger partial charge < -0.3 is 29.6 Å². The van der Waals surface area contributed by atoms with Crippen molar-refractivity contribution in [3.05, 3.63) is 71.9 Å². The molecular formula is C24H27IN4O4. The van der Waals surface area contributed by atoms with E-state index in [1.807, 2.05) is 61.5 Å². The zero-order valence-electron chi connectivity index (χ0n) is 18.5. The summed E-state index contributed by atoms with van der Waals surface area (Å²) in [4.78, 5) is 8.67. The van der Waals surface area contributed by atoms with Gasteiger partial charge in [-0.2, -0.15) is 0 Å². The minimum Gasteiger partial charge on any atom is -0.490 e. The third-order valence-corrected chi connectivity index (χ3v) is 4.74. The van der Waals surface area contributed by atoms with E-state index in [4.69, 9.17) is 18.9 Å². The monoisotopic (exact) mass is 562 g/mol. The Morgan fingerprint density at radius 2 is 1.70 bits per heavy atom. The summed E-state index contributed by atoms with van der Waals surface area (Å²) in [7, 11) is 1.74. The summed E-state index contributed by atoms with van der Waals surface area (Å²) >= 11 is 0. The molecule has 0 unspecified atom stereocenters. The molecule has 1 aliphatic rings. The van der Waals surface area contributed by atoms with Gasteiger partial charge >= 0.3 is 0 Å². The zero-order valence-corrected chi connectivity index (χ0v) is 20.9. The number of aromatic nitrogens is 1. The second-order valence-electron chi connectivity index (χ2n) is 6.95. The summed E-state index contributed by atoms with van der Waals surface area (Å²) in [6, 6.07) is 17.2. The Bertz CT molecular complexity index is 1080. The number of fused-ring (bicyclic) bond motifs is 1. The molecule has 0 radical (unpaired) electrons. The lowest BCUT2D eigenvalue weighted by Gasteiger charge is -2.13. The lowest BCUT2D eigenvalue weighted by Crippen LogP contribution is -2.36. The molecule has 4 rings (SSSR count). The minimum atomic E-state index is 0. The van der Waals surface area contributed by atoms with Crippen LogP contribution in [-0.2, 0) is 13.1 Å². The molecule has 9 heteroatoms. The molecule has 0 saturated carbocycles. The van der Waals surface area contributed by atoms with Crippen LogP contribution >= 0.6 is 24.0 Å². The predicted octanol–water partition coefficient (Wildman–Crippen LogP) is 4.48. The largest absolute Gasteiger partial charge is 0.490 e. The van der Waals surface area contributed by atoms with E-state index in [0.29, 0.717) is 43.0 Å². The molecule has 2 heterocycles. The molecule has 8 nitrogen and oxygen atoms in total. The summed E-state index contributed by atoms with van der Waals surface area (Å²) in [5.74, 6) is 4.07.